The zero-order chi connectivity index (χ0) is 11.5. The standard InChI is InChI=1S/C8H13NO5/c1-5(2)4-8(6(3)10,7(11)12)9(13)14/h5H,4H2,1-3H3,(H,11,12). The largest absolute Gasteiger partial charge is 0.476 e. The fraction of sp³-hybridized carbons (Fsp3) is 0.750. The number of rotatable bonds is 5. The number of nitro groups is 1. The van der Waals surface area contributed by atoms with Gasteiger partial charge in [0.25, 0.3) is 0 Å². The summed E-state index contributed by atoms with van der Waals surface area (Å²) >= 11 is 0. The molecule has 1 atom stereocenters. The second-order valence-corrected chi connectivity index (χ2v) is 3.58. The van der Waals surface area contributed by atoms with Gasteiger partial charge in [0, 0.05) is 18.3 Å². The molecule has 1 N–H and O–H groups in total. The Bertz CT molecular complexity index is 235. The van der Waals surface area contributed by atoms with Gasteiger partial charge in [-0.05, 0) is 5.92 Å². The van der Waals surface area contributed by atoms with Crippen LogP contribution in [-0.4, -0.2) is 27.3 Å². The Balaban J connectivity index is 5.28. The molecule has 0 spiro atoms. The highest BCUT2D eigenvalue weighted by molar-refractivity contribution is 6.05. The lowest BCUT2D eigenvalue weighted by atomic mass is 9.86. The van der Waals surface area contributed by atoms with E-state index in [1.165, 1.54) is 0 Å². The van der Waals surface area contributed by atoms with Crippen molar-refractivity contribution in [3.8, 4) is 0 Å². The molecule has 0 aliphatic carbocycles. The zero-order valence-electron chi connectivity index (χ0n) is 8.31. The number of hydrogen-bond acceptors (Lipinski definition) is 4. The molecule has 0 fully saturated rings. The third kappa shape index (κ3) is 2.07. The summed E-state index contributed by atoms with van der Waals surface area (Å²) in [6.45, 7) is 4.19. The number of hydrogen-bond donors (Lipinski definition) is 1. The summed E-state index contributed by atoms with van der Waals surface area (Å²) < 4.78 is 0. The molecule has 6 nitrogen and oxygen atoms in total. The summed E-state index contributed by atoms with van der Waals surface area (Å²) in [6.07, 6.45) is -0.287. The molecule has 80 valence electrons. The van der Waals surface area contributed by atoms with Crippen molar-refractivity contribution >= 4 is 11.8 Å². The number of carbonyl (C=O) groups excluding carboxylic acids is 1. The van der Waals surface area contributed by atoms with Crippen LogP contribution in [0, 0.1) is 16.0 Å². The van der Waals surface area contributed by atoms with Crippen molar-refractivity contribution in [3.05, 3.63) is 10.1 Å². The molecule has 0 aromatic carbocycles. The number of aliphatic carboxylic acids is 1. The smallest absolute Gasteiger partial charge is 0.390 e. The van der Waals surface area contributed by atoms with Crippen molar-refractivity contribution in [2.45, 2.75) is 32.7 Å². The molecule has 0 aromatic rings. The fourth-order valence-corrected chi connectivity index (χ4v) is 1.25. The second-order valence-electron chi connectivity index (χ2n) is 3.58. The van der Waals surface area contributed by atoms with Crippen molar-refractivity contribution in [2.24, 2.45) is 5.92 Å². The molecule has 0 bridgehead atoms. The van der Waals surface area contributed by atoms with Crippen LogP contribution < -0.4 is 0 Å². The van der Waals surface area contributed by atoms with E-state index in [1.807, 2.05) is 0 Å². The minimum atomic E-state index is -2.48. The molecule has 0 heterocycles. The third-order valence-corrected chi connectivity index (χ3v) is 1.95. The van der Waals surface area contributed by atoms with Crippen LogP contribution in [-0.2, 0) is 9.59 Å². The first-order chi connectivity index (χ1) is 6.25. The third-order valence-electron chi connectivity index (χ3n) is 1.95. The Morgan fingerprint density at radius 2 is 1.93 bits per heavy atom. The van der Waals surface area contributed by atoms with Gasteiger partial charge in [-0.2, -0.15) is 0 Å². The number of Topliss-reactive ketones (excluding diaryl/α,β-unsaturated/α-hetero) is 1. The second kappa shape index (κ2) is 4.17. The number of ketones is 1. The van der Waals surface area contributed by atoms with Crippen molar-refractivity contribution < 1.29 is 19.6 Å². The lowest BCUT2D eigenvalue weighted by molar-refractivity contribution is -0.540. The molecule has 0 radical (unpaired) electrons. The average Bonchev–Trinajstić information content (AvgIpc) is 1.97. The number of nitrogens with zero attached hydrogens (tertiary/aromatic N) is 1. The highest BCUT2D eigenvalue weighted by Crippen LogP contribution is 2.22. The van der Waals surface area contributed by atoms with E-state index >= 15 is 0 Å². The van der Waals surface area contributed by atoms with Gasteiger partial charge in [0.15, 0.2) is 0 Å². The predicted molar refractivity (Wildman–Crippen MR) is 47.5 cm³/mol. The number of carboxylic acid groups (broad SMARTS) is 1. The number of carbonyl (C=O) groups is 2. The lowest BCUT2D eigenvalue weighted by Crippen LogP contribution is -2.53. The van der Waals surface area contributed by atoms with Crippen molar-refractivity contribution in [2.75, 3.05) is 0 Å². The molecule has 0 amide bonds. The molecule has 1 unspecified atom stereocenters. The Labute approximate surface area is 81.1 Å². The van der Waals surface area contributed by atoms with E-state index < -0.39 is 22.2 Å². The summed E-state index contributed by atoms with van der Waals surface area (Å²) in [4.78, 5) is 31.5. The normalized spacial score (nSPS) is 14.9. The molecule has 14 heavy (non-hydrogen) atoms. The van der Waals surface area contributed by atoms with Gasteiger partial charge >= 0.3 is 11.5 Å². The van der Waals surface area contributed by atoms with Crippen LogP contribution in [0.1, 0.15) is 27.2 Å². The summed E-state index contributed by atoms with van der Waals surface area (Å²) in [6, 6.07) is 0. The van der Waals surface area contributed by atoms with Crippen LogP contribution in [0.2, 0.25) is 0 Å². The van der Waals surface area contributed by atoms with E-state index in [0.29, 0.717) is 0 Å². The molecular formula is C8H13NO5. The minimum Gasteiger partial charge on any atom is -0.476 e. The van der Waals surface area contributed by atoms with E-state index in [2.05, 4.69) is 0 Å². The Hall–Kier alpha value is -1.46. The quantitative estimate of drug-likeness (QED) is 0.403. The van der Waals surface area contributed by atoms with Gasteiger partial charge < -0.3 is 5.11 Å². The predicted octanol–water partition coefficient (Wildman–Crippen LogP) is 0.722. The maximum absolute atomic E-state index is 11.1. The molecule has 0 aromatic heterocycles. The van der Waals surface area contributed by atoms with E-state index in [9.17, 15) is 19.7 Å². The minimum absolute atomic E-state index is 0.236. The highest BCUT2D eigenvalue weighted by atomic mass is 16.6. The highest BCUT2D eigenvalue weighted by Gasteiger charge is 2.56. The van der Waals surface area contributed by atoms with Crippen LogP contribution >= 0.6 is 0 Å². The van der Waals surface area contributed by atoms with Gasteiger partial charge in [0.1, 0.15) is 0 Å². The summed E-state index contributed by atoms with van der Waals surface area (Å²) in [5.74, 6) is -2.87. The Kier molecular flexibility index (Phi) is 3.73. The maximum atomic E-state index is 11.1. The number of carboxylic acids is 1. The molecule has 0 aliphatic heterocycles. The van der Waals surface area contributed by atoms with Crippen LogP contribution in [0.3, 0.4) is 0 Å². The average molecular weight is 203 g/mol. The molecule has 6 heteroatoms. The molecule has 0 saturated carbocycles. The zero-order valence-corrected chi connectivity index (χ0v) is 8.31. The molecule has 0 saturated heterocycles. The van der Waals surface area contributed by atoms with Crippen LogP contribution in [0.5, 0.6) is 0 Å². The van der Waals surface area contributed by atoms with Crippen molar-refractivity contribution in [1.29, 1.82) is 0 Å². The first kappa shape index (κ1) is 12.5. The summed E-state index contributed by atoms with van der Waals surface area (Å²) in [7, 11) is 0. The monoisotopic (exact) mass is 203 g/mol. The molecule has 0 rings (SSSR count). The van der Waals surface area contributed by atoms with Crippen LogP contribution in [0.4, 0.5) is 0 Å². The van der Waals surface area contributed by atoms with E-state index in [1.54, 1.807) is 13.8 Å². The Morgan fingerprint density at radius 1 is 1.50 bits per heavy atom. The maximum Gasteiger partial charge on any atom is 0.390 e. The van der Waals surface area contributed by atoms with E-state index in [0.717, 1.165) is 6.92 Å². The Morgan fingerprint density at radius 3 is 2.00 bits per heavy atom. The SMILES string of the molecule is CC(=O)C(CC(C)C)(C(=O)O)[N+](=O)[O-]. The van der Waals surface area contributed by atoms with Gasteiger partial charge in [0.2, 0.25) is 5.78 Å². The van der Waals surface area contributed by atoms with Crippen LogP contribution in [0.25, 0.3) is 0 Å². The van der Waals surface area contributed by atoms with E-state index in [-0.39, 0.29) is 12.3 Å². The van der Waals surface area contributed by atoms with Gasteiger partial charge in [-0.1, -0.05) is 13.8 Å². The fourth-order valence-electron chi connectivity index (χ4n) is 1.25. The van der Waals surface area contributed by atoms with Gasteiger partial charge in [-0.25, -0.2) is 4.79 Å². The first-order valence-corrected chi connectivity index (χ1v) is 4.14. The first-order valence-electron chi connectivity index (χ1n) is 4.14. The van der Waals surface area contributed by atoms with E-state index in [4.69, 9.17) is 5.11 Å². The van der Waals surface area contributed by atoms with Gasteiger partial charge in [0.05, 0.1) is 0 Å². The molecule has 0 aliphatic rings. The van der Waals surface area contributed by atoms with Crippen LogP contribution in [0.15, 0.2) is 0 Å². The van der Waals surface area contributed by atoms with Gasteiger partial charge in [-0.15, -0.1) is 0 Å². The van der Waals surface area contributed by atoms with Crippen molar-refractivity contribution in [3.63, 3.8) is 0 Å². The van der Waals surface area contributed by atoms with Gasteiger partial charge in [-0.3, -0.25) is 14.9 Å². The lowest BCUT2D eigenvalue weighted by Gasteiger charge is -2.19. The van der Waals surface area contributed by atoms with Crippen molar-refractivity contribution in [1.82, 2.24) is 0 Å². The topological polar surface area (TPSA) is 97.5 Å². The summed E-state index contributed by atoms with van der Waals surface area (Å²) in [5.41, 5.74) is -2.48. The molecular weight excluding hydrogens is 190 g/mol. The summed E-state index contributed by atoms with van der Waals surface area (Å²) in [5, 5.41) is 19.4.